The van der Waals surface area contributed by atoms with Gasteiger partial charge in [-0.25, -0.2) is 4.79 Å². The number of anilines is 1. The van der Waals surface area contributed by atoms with Crippen LogP contribution >= 0.6 is 0 Å². The van der Waals surface area contributed by atoms with E-state index in [0.717, 1.165) is 37.1 Å². The fraction of sp³-hybridized carbons (Fsp3) is 0.296. The first kappa shape index (κ1) is 23.4. The standard InChI is InChI=1S/C27H31N5O2/c33-26(32-25(21-11-15-28-16-12-21)22-13-17-29-18-14-22)24(19-20-7-3-1-4-8-20)31-27(34)30-23-9-5-2-6-10-23/h1-12,15-16,22,24-25,29H,13-14,17-19H2,(H,32,33)(H2,30,31,34). The van der Waals surface area contributed by atoms with Crippen LogP contribution in [0.25, 0.3) is 0 Å². The zero-order valence-corrected chi connectivity index (χ0v) is 19.1. The number of hydrogen-bond donors (Lipinski definition) is 4. The van der Waals surface area contributed by atoms with E-state index in [2.05, 4.69) is 26.3 Å². The molecule has 2 heterocycles. The van der Waals surface area contributed by atoms with Gasteiger partial charge in [-0.15, -0.1) is 0 Å². The number of rotatable bonds is 8. The fourth-order valence-electron chi connectivity index (χ4n) is 4.38. The molecule has 4 N–H and O–H groups in total. The van der Waals surface area contributed by atoms with E-state index in [4.69, 9.17) is 0 Å². The molecule has 176 valence electrons. The molecule has 1 fully saturated rings. The van der Waals surface area contributed by atoms with Crippen LogP contribution in [0.15, 0.2) is 85.2 Å². The predicted octanol–water partition coefficient (Wildman–Crippen LogP) is 3.67. The lowest BCUT2D eigenvalue weighted by atomic mass is 9.86. The zero-order valence-electron chi connectivity index (χ0n) is 19.1. The van der Waals surface area contributed by atoms with Crippen LogP contribution < -0.4 is 21.3 Å². The van der Waals surface area contributed by atoms with Gasteiger partial charge in [0.1, 0.15) is 6.04 Å². The van der Waals surface area contributed by atoms with Crippen molar-refractivity contribution in [3.05, 3.63) is 96.3 Å². The number of pyridine rings is 1. The summed E-state index contributed by atoms with van der Waals surface area (Å²) in [5.41, 5.74) is 2.68. The maximum atomic E-state index is 13.6. The molecule has 0 saturated carbocycles. The molecule has 3 amide bonds. The number of para-hydroxylation sites is 1. The molecule has 2 atom stereocenters. The summed E-state index contributed by atoms with van der Waals surface area (Å²) in [6, 6.07) is 21.6. The monoisotopic (exact) mass is 457 g/mol. The molecular formula is C27H31N5O2. The number of urea groups is 1. The van der Waals surface area contributed by atoms with E-state index in [1.165, 1.54) is 0 Å². The molecule has 3 aromatic rings. The van der Waals surface area contributed by atoms with Crippen molar-refractivity contribution in [3.8, 4) is 0 Å². The Balaban J connectivity index is 1.52. The Labute approximate surface area is 200 Å². The molecular weight excluding hydrogens is 426 g/mol. The van der Waals surface area contributed by atoms with Gasteiger partial charge in [0.25, 0.3) is 0 Å². The average Bonchev–Trinajstić information content (AvgIpc) is 2.89. The van der Waals surface area contributed by atoms with Gasteiger partial charge in [0, 0.05) is 24.5 Å². The summed E-state index contributed by atoms with van der Waals surface area (Å²) in [6.45, 7) is 1.85. The molecule has 1 aliphatic heterocycles. The van der Waals surface area contributed by atoms with Crippen molar-refractivity contribution in [2.45, 2.75) is 31.3 Å². The molecule has 1 aliphatic rings. The Morgan fingerprint density at radius 3 is 2.21 bits per heavy atom. The number of nitrogens with one attached hydrogen (secondary N) is 4. The lowest BCUT2D eigenvalue weighted by Crippen LogP contribution is -2.51. The van der Waals surface area contributed by atoms with E-state index in [1.807, 2.05) is 72.8 Å². The molecule has 7 nitrogen and oxygen atoms in total. The second-order valence-electron chi connectivity index (χ2n) is 8.56. The van der Waals surface area contributed by atoms with Crippen LogP contribution in [0.5, 0.6) is 0 Å². The quantitative estimate of drug-likeness (QED) is 0.415. The van der Waals surface area contributed by atoms with Crippen molar-refractivity contribution in [1.82, 2.24) is 20.9 Å². The molecule has 4 rings (SSSR count). The Hall–Kier alpha value is -3.71. The Morgan fingerprint density at radius 2 is 1.53 bits per heavy atom. The van der Waals surface area contributed by atoms with Crippen LogP contribution in [-0.4, -0.2) is 36.1 Å². The summed E-state index contributed by atoms with van der Waals surface area (Å²) in [7, 11) is 0. The van der Waals surface area contributed by atoms with E-state index in [1.54, 1.807) is 12.4 Å². The van der Waals surface area contributed by atoms with Crippen molar-refractivity contribution >= 4 is 17.6 Å². The minimum absolute atomic E-state index is 0.144. The first-order valence-electron chi connectivity index (χ1n) is 11.8. The summed E-state index contributed by atoms with van der Waals surface area (Å²) >= 11 is 0. The highest BCUT2D eigenvalue weighted by Crippen LogP contribution is 2.29. The Kier molecular flexibility index (Phi) is 8.24. The largest absolute Gasteiger partial charge is 0.347 e. The van der Waals surface area contributed by atoms with E-state index in [0.29, 0.717) is 18.0 Å². The SMILES string of the molecule is O=C(Nc1ccccc1)NC(Cc1ccccc1)C(=O)NC(c1ccncc1)C1CCNCC1. The fourth-order valence-corrected chi connectivity index (χ4v) is 4.38. The molecule has 0 bridgehead atoms. The van der Waals surface area contributed by atoms with Gasteiger partial charge >= 0.3 is 6.03 Å². The molecule has 1 saturated heterocycles. The zero-order chi connectivity index (χ0) is 23.6. The number of carbonyl (C=O) groups is 2. The van der Waals surface area contributed by atoms with Crippen LogP contribution in [0.4, 0.5) is 10.5 Å². The third-order valence-electron chi connectivity index (χ3n) is 6.15. The van der Waals surface area contributed by atoms with E-state index in [9.17, 15) is 9.59 Å². The van der Waals surface area contributed by atoms with Crippen molar-refractivity contribution in [3.63, 3.8) is 0 Å². The molecule has 2 aromatic carbocycles. The number of benzene rings is 2. The van der Waals surface area contributed by atoms with Crippen LogP contribution in [0, 0.1) is 5.92 Å². The third kappa shape index (κ3) is 6.65. The summed E-state index contributed by atoms with van der Waals surface area (Å²) in [5, 5.41) is 12.3. The van der Waals surface area contributed by atoms with Crippen LogP contribution in [0.2, 0.25) is 0 Å². The molecule has 0 aliphatic carbocycles. The average molecular weight is 458 g/mol. The molecule has 34 heavy (non-hydrogen) atoms. The van der Waals surface area contributed by atoms with Crippen LogP contribution in [-0.2, 0) is 11.2 Å². The lowest BCUT2D eigenvalue weighted by Gasteiger charge is -2.33. The third-order valence-corrected chi connectivity index (χ3v) is 6.15. The normalized spacial score (nSPS) is 15.6. The smallest absolute Gasteiger partial charge is 0.319 e. The van der Waals surface area contributed by atoms with E-state index >= 15 is 0 Å². The summed E-state index contributed by atoms with van der Waals surface area (Å²) in [4.78, 5) is 30.5. The molecule has 0 spiro atoms. The van der Waals surface area contributed by atoms with Crippen molar-refractivity contribution in [2.75, 3.05) is 18.4 Å². The molecule has 1 aromatic heterocycles. The number of amides is 3. The minimum Gasteiger partial charge on any atom is -0.347 e. The molecule has 7 heteroatoms. The molecule has 0 radical (unpaired) electrons. The maximum absolute atomic E-state index is 13.6. The van der Waals surface area contributed by atoms with Crippen molar-refractivity contribution < 1.29 is 9.59 Å². The second-order valence-corrected chi connectivity index (χ2v) is 8.56. The first-order valence-corrected chi connectivity index (χ1v) is 11.8. The number of carbonyl (C=O) groups excluding carboxylic acids is 2. The molecule has 2 unspecified atom stereocenters. The van der Waals surface area contributed by atoms with Crippen LogP contribution in [0.1, 0.15) is 30.0 Å². The highest BCUT2D eigenvalue weighted by molar-refractivity contribution is 5.94. The Morgan fingerprint density at radius 1 is 0.882 bits per heavy atom. The number of hydrogen-bond acceptors (Lipinski definition) is 4. The first-order chi connectivity index (χ1) is 16.7. The predicted molar refractivity (Wildman–Crippen MR) is 133 cm³/mol. The van der Waals surface area contributed by atoms with Gasteiger partial charge in [0.15, 0.2) is 0 Å². The summed E-state index contributed by atoms with van der Waals surface area (Å²) in [5.74, 6) is 0.107. The second kappa shape index (κ2) is 12.0. The van der Waals surface area contributed by atoms with E-state index < -0.39 is 12.1 Å². The van der Waals surface area contributed by atoms with Gasteiger partial charge in [-0.3, -0.25) is 9.78 Å². The van der Waals surface area contributed by atoms with Crippen molar-refractivity contribution in [1.29, 1.82) is 0 Å². The Bertz CT molecular complexity index is 1040. The maximum Gasteiger partial charge on any atom is 0.319 e. The number of aromatic nitrogens is 1. The van der Waals surface area contributed by atoms with Gasteiger partial charge in [0.2, 0.25) is 5.91 Å². The minimum atomic E-state index is -0.725. The lowest BCUT2D eigenvalue weighted by molar-refractivity contribution is -0.124. The van der Waals surface area contributed by atoms with Gasteiger partial charge < -0.3 is 21.3 Å². The summed E-state index contributed by atoms with van der Waals surface area (Å²) < 4.78 is 0. The topological polar surface area (TPSA) is 95.2 Å². The van der Waals surface area contributed by atoms with Gasteiger partial charge in [-0.05, 0) is 67.2 Å². The van der Waals surface area contributed by atoms with Gasteiger partial charge in [-0.1, -0.05) is 48.5 Å². The number of piperidine rings is 1. The summed E-state index contributed by atoms with van der Waals surface area (Å²) in [6.07, 6.45) is 5.84. The highest BCUT2D eigenvalue weighted by Gasteiger charge is 2.30. The number of nitrogens with zero attached hydrogens (tertiary/aromatic N) is 1. The van der Waals surface area contributed by atoms with Crippen LogP contribution in [0.3, 0.4) is 0 Å². The van der Waals surface area contributed by atoms with Gasteiger partial charge in [-0.2, -0.15) is 0 Å². The van der Waals surface area contributed by atoms with Crippen molar-refractivity contribution in [2.24, 2.45) is 5.92 Å². The van der Waals surface area contributed by atoms with Gasteiger partial charge in [0.05, 0.1) is 6.04 Å². The van der Waals surface area contributed by atoms with E-state index in [-0.39, 0.29) is 11.9 Å². The highest BCUT2D eigenvalue weighted by atomic mass is 16.2.